The van der Waals surface area contributed by atoms with Crippen LogP contribution in [0.1, 0.15) is 33.1 Å². The lowest BCUT2D eigenvalue weighted by Crippen LogP contribution is -2.58. The number of carbonyl (C=O) groups excluding carboxylic acids is 2. The van der Waals surface area contributed by atoms with E-state index in [4.69, 9.17) is 0 Å². The van der Waals surface area contributed by atoms with Crippen LogP contribution in [0.15, 0.2) is 36.0 Å². The summed E-state index contributed by atoms with van der Waals surface area (Å²) in [5.41, 5.74) is 0.0322. The van der Waals surface area contributed by atoms with Crippen molar-refractivity contribution < 1.29 is 24.2 Å². The van der Waals surface area contributed by atoms with Crippen molar-refractivity contribution in [1.29, 1.82) is 0 Å². The molecule has 4 aliphatic rings. The van der Waals surface area contributed by atoms with Crippen molar-refractivity contribution in [3.8, 4) is 0 Å². The molecule has 0 bridgehead atoms. The van der Waals surface area contributed by atoms with Gasteiger partial charge in [0.15, 0.2) is 11.6 Å². The van der Waals surface area contributed by atoms with Crippen molar-refractivity contribution in [1.82, 2.24) is 0 Å². The van der Waals surface area contributed by atoms with Gasteiger partial charge in [-0.1, -0.05) is 32.1 Å². The number of carbonyl (C=O) groups is 2. The predicted octanol–water partition coefficient (Wildman–Crippen LogP) is 2.56. The number of aliphatic hydroxyl groups is 2. The highest BCUT2D eigenvalue weighted by molar-refractivity contribution is 6.01. The van der Waals surface area contributed by atoms with E-state index in [1.165, 1.54) is 12.2 Å². The van der Waals surface area contributed by atoms with Gasteiger partial charge in [0, 0.05) is 17.3 Å². The van der Waals surface area contributed by atoms with Crippen molar-refractivity contribution in [3.63, 3.8) is 0 Å². The van der Waals surface area contributed by atoms with Gasteiger partial charge >= 0.3 is 0 Å². The highest BCUT2D eigenvalue weighted by atomic mass is 19.1. The summed E-state index contributed by atoms with van der Waals surface area (Å²) in [6, 6.07) is 0. The molecule has 0 aliphatic heterocycles. The molecule has 0 saturated heterocycles. The van der Waals surface area contributed by atoms with E-state index in [-0.39, 0.29) is 35.7 Å². The first-order valence-electron chi connectivity index (χ1n) is 9.72. The van der Waals surface area contributed by atoms with Crippen LogP contribution in [0.5, 0.6) is 0 Å². The number of Topliss-reactive ketones (excluding diaryl/α,β-unsaturated/α-hetero) is 1. The van der Waals surface area contributed by atoms with Crippen LogP contribution in [-0.4, -0.2) is 40.7 Å². The molecule has 0 aromatic rings. The van der Waals surface area contributed by atoms with E-state index in [0.29, 0.717) is 18.4 Å². The maximum Gasteiger partial charge on any atom is 0.178 e. The highest BCUT2D eigenvalue weighted by Crippen LogP contribution is 2.67. The van der Waals surface area contributed by atoms with Crippen LogP contribution < -0.4 is 0 Å². The van der Waals surface area contributed by atoms with Crippen molar-refractivity contribution >= 4 is 11.6 Å². The molecule has 2 N–H and O–H groups in total. The van der Waals surface area contributed by atoms with Gasteiger partial charge in [0.2, 0.25) is 0 Å². The van der Waals surface area contributed by atoms with E-state index in [2.05, 4.69) is 6.58 Å². The highest BCUT2D eigenvalue weighted by Gasteiger charge is 2.64. The largest absolute Gasteiger partial charge is 0.393 e. The van der Waals surface area contributed by atoms with E-state index in [1.54, 1.807) is 6.08 Å². The molecule has 4 aliphatic carbocycles. The topological polar surface area (TPSA) is 74.6 Å². The molecule has 3 fully saturated rings. The minimum Gasteiger partial charge on any atom is -0.393 e. The summed E-state index contributed by atoms with van der Waals surface area (Å²) < 4.78 is 15.2. The van der Waals surface area contributed by atoms with Crippen LogP contribution in [0.25, 0.3) is 0 Å². The number of hydrogen-bond donors (Lipinski definition) is 2. The fourth-order valence-corrected chi connectivity index (χ4v) is 6.98. The Morgan fingerprint density at radius 1 is 1.41 bits per heavy atom. The van der Waals surface area contributed by atoms with Crippen molar-refractivity contribution in [3.05, 3.63) is 36.0 Å². The van der Waals surface area contributed by atoms with Gasteiger partial charge in [-0.25, -0.2) is 4.39 Å². The number of aliphatic hydroxyl groups excluding tert-OH is 2. The van der Waals surface area contributed by atoms with E-state index in [9.17, 15) is 19.8 Å². The molecule has 0 radical (unpaired) electrons. The predicted molar refractivity (Wildman–Crippen MR) is 98.4 cm³/mol. The van der Waals surface area contributed by atoms with Gasteiger partial charge in [-0.3, -0.25) is 9.59 Å². The summed E-state index contributed by atoms with van der Waals surface area (Å²) in [6.45, 7) is 7.44. The number of fused-ring (bicyclic) bond motifs is 5. The molecule has 5 heteroatoms. The molecule has 0 heterocycles. The van der Waals surface area contributed by atoms with E-state index in [1.807, 2.05) is 13.8 Å². The minimum atomic E-state index is -1.24. The fourth-order valence-electron chi connectivity index (χ4n) is 6.98. The zero-order valence-electron chi connectivity index (χ0n) is 15.8. The average Bonchev–Trinajstić information content (AvgIpc) is 2.85. The first-order valence-corrected chi connectivity index (χ1v) is 9.72. The lowest BCUT2D eigenvalue weighted by molar-refractivity contribution is -0.142. The molecule has 4 nitrogen and oxygen atoms in total. The first kappa shape index (κ1) is 18.8. The summed E-state index contributed by atoms with van der Waals surface area (Å²) in [5, 5.41) is 20.6. The Labute approximate surface area is 158 Å². The molecule has 27 heavy (non-hydrogen) atoms. The van der Waals surface area contributed by atoms with Gasteiger partial charge in [0.1, 0.15) is 12.8 Å². The Kier molecular flexibility index (Phi) is 4.13. The van der Waals surface area contributed by atoms with Gasteiger partial charge in [-0.05, 0) is 54.2 Å². The standard InChI is InChI=1S/C22H27FO4/c1-11-6-14-13-8-16(23)15-7-12(25)4-5-21(15,2)20(13)17(26)9-22(14,3)19(11)18(27)10-24/h4-5,7,13-14,16-17,19-20,24,26H,1,6,8-10H2,2-3H3/t13-,14-,16?,17?,19+,20+,21-,22-/m0/s1. The number of halogens is 1. The van der Waals surface area contributed by atoms with E-state index in [0.717, 1.165) is 5.57 Å². The van der Waals surface area contributed by atoms with Crippen LogP contribution in [0.4, 0.5) is 4.39 Å². The Morgan fingerprint density at radius 3 is 2.78 bits per heavy atom. The van der Waals surface area contributed by atoms with E-state index < -0.39 is 35.6 Å². The van der Waals surface area contributed by atoms with Crippen LogP contribution in [0.2, 0.25) is 0 Å². The maximum absolute atomic E-state index is 15.2. The number of ketones is 2. The Morgan fingerprint density at radius 2 is 2.11 bits per heavy atom. The van der Waals surface area contributed by atoms with Crippen molar-refractivity contribution in [2.75, 3.05) is 6.61 Å². The van der Waals surface area contributed by atoms with Crippen LogP contribution in [0.3, 0.4) is 0 Å². The molecule has 0 spiro atoms. The second kappa shape index (κ2) is 5.95. The quantitative estimate of drug-likeness (QED) is 0.729. The van der Waals surface area contributed by atoms with Crippen LogP contribution >= 0.6 is 0 Å². The lowest BCUT2D eigenvalue weighted by Gasteiger charge is -2.59. The summed E-state index contributed by atoms with van der Waals surface area (Å²) >= 11 is 0. The van der Waals surface area contributed by atoms with Gasteiger partial charge in [0.25, 0.3) is 0 Å². The van der Waals surface area contributed by atoms with Crippen molar-refractivity contribution in [2.24, 2.45) is 34.5 Å². The number of hydrogen-bond acceptors (Lipinski definition) is 4. The second-order valence-corrected chi connectivity index (χ2v) is 9.31. The third-order valence-electron chi connectivity index (χ3n) is 7.94. The SMILES string of the molecule is C=C1C[C@H]2[C@@H]3CC(F)C4=CC(=O)C=C[C@]4(C)[C@H]3C(O)C[C@]2(C)[C@H]1C(=O)CO. The van der Waals surface area contributed by atoms with Crippen LogP contribution in [-0.2, 0) is 9.59 Å². The molecular formula is C22H27FO4. The van der Waals surface area contributed by atoms with Crippen LogP contribution in [0, 0.1) is 34.5 Å². The molecule has 0 aromatic carbocycles. The number of rotatable bonds is 2. The van der Waals surface area contributed by atoms with Gasteiger partial charge in [-0.2, -0.15) is 0 Å². The molecule has 3 saturated carbocycles. The molecule has 4 rings (SSSR count). The molecule has 0 aromatic heterocycles. The third kappa shape index (κ3) is 2.40. The average molecular weight is 374 g/mol. The van der Waals surface area contributed by atoms with Crippen molar-refractivity contribution in [2.45, 2.75) is 45.4 Å². The monoisotopic (exact) mass is 374 g/mol. The third-order valence-corrected chi connectivity index (χ3v) is 7.94. The smallest absolute Gasteiger partial charge is 0.178 e. The molecular weight excluding hydrogens is 347 g/mol. The van der Waals surface area contributed by atoms with Gasteiger partial charge < -0.3 is 10.2 Å². The Hall–Kier alpha value is -1.59. The summed E-state index contributed by atoms with van der Waals surface area (Å²) in [4.78, 5) is 24.2. The molecule has 0 amide bonds. The first-order chi connectivity index (χ1) is 12.6. The fraction of sp³-hybridized carbons (Fsp3) is 0.636. The number of alkyl halides is 1. The summed E-state index contributed by atoms with van der Waals surface area (Å²) in [7, 11) is 0. The van der Waals surface area contributed by atoms with Gasteiger partial charge in [-0.15, -0.1) is 0 Å². The molecule has 8 atom stereocenters. The summed E-state index contributed by atoms with van der Waals surface area (Å²) in [6.07, 6.45) is 3.96. The Bertz CT molecular complexity index is 783. The zero-order chi connectivity index (χ0) is 19.7. The summed E-state index contributed by atoms with van der Waals surface area (Å²) in [5.74, 6) is -1.24. The minimum absolute atomic E-state index is 0.0292. The van der Waals surface area contributed by atoms with E-state index >= 15 is 4.39 Å². The normalized spacial score (nSPS) is 48.6. The Balaban J connectivity index is 1.78. The van der Waals surface area contributed by atoms with Gasteiger partial charge in [0.05, 0.1) is 6.10 Å². The maximum atomic E-state index is 15.2. The number of allylic oxidation sites excluding steroid dienone is 5. The lowest BCUT2D eigenvalue weighted by atomic mass is 9.46. The molecule has 2 unspecified atom stereocenters. The zero-order valence-corrected chi connectivity index (χ0v) is 15.8. The molecule has 146 valence electrons. The second-order valence-electron chi connectivity index (χ2n) is 9.31.